The highest BCUT2D eigenvalue weighted by Gasteiger charge is 2.25. The molecule has 0 saturated carbocycles. The number of aliphatic hydroxyl groups is 1. The van der Waals surface area contributed by atoms with E-state index < -0.39 is 0 Å². The van der Waals surface area contributed by atoms with Crippen molar-refractivity contribution in [3.63, 3.8) is 0 Å². The van der Waals surface area contributed by atoms with E-state index in [1.807, 2.05) is 0 Å². The van der Waals surface area contributed by atoms with Gasteiger partial charge in [-0.15, -0.1) is 0 Å². The Balaban J connectivity index is 2.05. The van der Waals surface area contributed by atoms with Crippen molar-refractivity contribution in [3.8, 4) is 0 Å². The number of hydrogen-bond donors (Lipinski definition) is 1. The predicted molar refractivity (Wildman–Crippen MR) is 52.6 cm³/mol. The topological polar surface area (TPSA) is 49.2 Å². The van der Waals surface area contributed by atoms with Crippen molar-refractivity contribution in [1.29, 1.82) is 0 Å². The van der Waals surface area contributed by atoms with E-state index in [4.69, 9.17) is 0 Å². The number of hydrogen-bond acceptors (Lipinski definition) is 4. The van der Waals surface area contributed by atoms with E-state index in [-0.39, 0.29) is 12.1 Å². The van der Waals surface area contributed by atoms with Crippen LogP contribution in [0.3, 0.4) is 0 Å². The average Bonchev–Trinajstić information content (AvgIpc) is 2.65. The Bertz CT molecular complexity index is 291. The van der Waals surface area contributed by atoms with E-state index in [0.29, 0.717) is 0 Å². The van der Waals surface area contributed by atoms with Crippen LogP contribution in [0.5, 0.6) is 0 Å². The van der Waals surface area contributed by atoms with Gasteiger partial charge in [0.15, 0.2) is 0 Å². The monoisotopic (exact) mass is 193 g/mol. The van der Waals surface area contributed by atoms with Gasteiger partial charge in [0.1, 0.15) is 0 Å². The molecule has 0 aromatic carbocycles. The normalized spacial score (nSPS) is 25.1. The summed E-state index contributed by atoms with van der Waals surface area (Å²) >= 11 is 0. The second-order valence-electron chi connectivity index (χ2n) is 3.74. The first kappa shape index (κ1) is 9.55. The third-order valence-electron chi connectivity index (χ3n) is 2.75. The van der Waals surface area contributed by atoms with Gasteiger partial charge in [0.05, 0.1) is 17.8 Å². The number of rotatable bonds is 2. The molecule has 0 bridgehead atoms. The molecule has 2 atom stereocenters. The second-order valence-corrected chi connectivity index (χ2v) is 3.74. The Morgan fingerprint density at radius 2 is 2.43 bits per heavy atom. The highest BCUT2D eigenvalue weighted by Crippen LogP contribution is 2.22. The van der Waals surface area contributed by atoms with Gasteiger partial charge in [-0.2, -0.15) is 0 Å². The van der Waals surface area contributed by atoms with Crippen molar-refractivity contribution >= 4 is 0 Å². The lowest BCUT2D eigenvalue weighted by atomic mass is 10.2. The number of likely N-dealkylation sites (tertiary alicyclic amines) is 1. The molecule has 1 aliphatic heterocycles. The second kappa shape index (κ2) is 4.02. The Morgan fingerprint density at radius 3 is 3.00 bits per heavy atom. The zero-order chi connectivity index (χ0) is 9.97. The minimum absolute atomic E-state index is 0.172. The molecular formula is C10H15N3O. The summed E-state index contributed by atoms with van der Waals surface area (Å²) in [6.45, 7) is 3.79. The van der Waals surface area contributed by atoms with Crippen LogP contribution in [0.25, 0.3) is 0 Å². The molecule has 1 N–H and O–H groups in total. The molecule has 1 fully saturated rings. The Kier molecular flexibility index (Phi) is 2.74. The largest absolute Gasteiger partial charge is 0.392 e. The van der Waals surface area contributed by atoms with Gasteiger partial charge in [0.2, 0.25) is 0 Å². The third-order valence-corrected chi connectivity index (χ3v) is 2.75. The lowest BCUT2D eigenvalue weighted by Crippen LogP contribution is -2.26. The van der Waals surface area contributed by atoms with Crippen LogP contribution in [-0.2, 0) is 0 Å². The van der Waals surface area contributed by atoms with Crippen molar-refractivity contribution in [2.24, 2.45) is 0 Å². The zero-order valence-electron chi connectivity index (χ0n) is 8.30. The number of aliphatic hydroxyl groups excluding tert-OH is 1. The maximum absolute atomic E-state index is 9.42. The molecule has 0 spiro atoms. The standard InChI is InChI=1S/C10H15N3O/c1-8(10-6-11-3-4-12-10)13-5-2-9(14)7-13/h3-4,6,8-9,14H,2,5,7H2,1H3/t8-,9-/m1/s1. The van der Waals surface area contributed by atoms with E-state index in [1.54, 1.807) is 18.6 Å². The van der Waals surface area contributed by atoms with Crippen molar-refractivity contribution < 1.29 is 5.11 Å². The number of nitrogens with zero attached hydrogens (tertiary/aromatic N) is 3. The van der Waals surface area contributed by atoms with Crippen molar-refractivity contribution in [2.75, 3.05) is 13.1 Å². The van der Waals surface area contributed by atoms with E-state index in [1.165, 1.54) is 0 Å². The van der Waals surface area contributed by atoms with E-state index >= 15 is 0 Å². The van der Waals surface area contributed by atoms with Gasteiger partial charge < -0.3 is 5.11 Å². The SMILES string of the molecule is C[C@H](c1cnccn1)N1CC[C@@H](O)C1. The number of β-amino-alcohol motifs (C(OH)–C–C–N with tert-alkyl or cyclic N) is 1. The van der Waals surface area contributed by atoms with Crippen LogP contribution in [0.1, 0.15) is 25.1 Å². The Morgan fingerprint density at radius 1 is 1.57 bits per heavy atom. The first-order chi connectivity index (χ1) is 6.77. The summed E-state index contributed by atoms with van der Waals surface area (Å²) in [5, 5.41) is 9.42. The van der Waals surface area contributed by atoms with E-state index in [2.05, 4.69) is 21.8 Å². The molecule has 76 valence electrons. The van der Waals surface area contributed by atoms with E-state index in [9.17, 15) is 5.11 Å². The van der Waals surface area contributed by atoms with Gasteiger partial charge in [-0.1, -0.05) is 0 Å². The lowest BCUT2D eigenvalue weighted by molar-refractivity contribution is 0.162. The molecule has 0 radical (unpaired) electrons. The highest BCUT2D eigenvalue weighted by molar-refractivity contribution is 5.02. The number of aromatic nitrogens is 2. The molecule has 0 unspecified atom stereocenters. The third kappa shape index (κ3) is 1.91. The van der Waals surface area contributed by atoms with Crippen LogP contribution in [-0.4, -0.2) is 39.2 Å². The first-order valence-electron chi connectivity index (χ1n) is 4.95. The van der Waals surface area contributed by atoms with Crippen LogP contribution >= 0.6 is 0 Å². The fourth-order valence-corrected chi connectivity index (χ4v) is 1.83. The molecule has 14 heavy (non-hydrogen) atoms. The van der Waals surface area contributed by atoms with E-state index in [0.717, 1.165) is 25.2 Å². The summed E-state index contributed by atoms with van der Waals surface area (Å²) in [6, 6.07) is 0.251. The predicted octanol–water partition coefficient (Wildman–Crippen LogP) is 0.604. The van der Waals surface area contributed by atoms with Crippen LogP contribution in [0.4, 0.5) is 0 Å². The highest BCUT2D eigenvalue weighted by atomic mass is 16.3. The van der Waals surface area contributed by atoms with Gasteiger partial charge in [0.25, 0.3) is 0 Å². The zero-order valence-corrected chi connectivity index (χ0v) is 8.30. The van der Waals surface area contributed by atoms with Crippen LogP contribution < -0.4 is 0 Å². The summed E-state index contributed by atoms with van der Waals surface area (Å²) in [4.78, 5) is 10.5. The van der Waals surface area contributed by atoms with Crippen LogP contribution in [0, 0.1) is 0 Å². The summed E-state index contributed by atoms with van der Waals surface area (Å²) in [7, 11) is 0. The van der Waals surface area contributed by atoms with Gasteiger partial charge in [-0.05, 0) is 13.3 Å². The minimum Gasteiger partial charge on any atom is -0.392 e. The van der Waals surface area contributed by atoms with Crippen molar-refractivity contribution in [1.82, 2.24) is 14.9 Å². The van der Waals surface area contributed by atoms with Crippen LogP contribution in [0.2, 0.25) is 0 Å². The smallest absolute Gasteiger partial charge is 0.0755 e. The molecule has 1 aromatic heterocycles. The quantitative estimate of drug-likeness (QED) is 0.747. The molecule has 0 aliphatic carbocycles. The maximum atomic E-state index is 9.42. The lowest BCUT2D eigenvalue weighted by Gasteiger charge is -2.22. The van der Waals surface area contributed by atoms with Gasteiger partial charge in [0, 0.05) is 31.7 Å². The molecule has 1 aliphatic rings. The molecule has 1 saturated heterocycles. The molecule has 4 nitrogen and oxygen atoms in total. The Labute approximate surface area is 83.6 Å². The first-order valence-corrected chi connectivity index (χ1v) is 4.95. The van der Waals surface area contributed by atoms with Crippen molar-refractivity contribution in [2.45, 2.75) is 25.5 Å². The summed E-state index contributed by atoms with van der Waals surface area (Å²) in [6.07, 6.45) is 5.86. The van der Waals surface area contributed by atoms with Crippen LogP contribution in [0.15, 0.2) is 18.6 Å². The molecule has 2 rings (SSSR count). The summed E-state index contributed by atoms with van der Waals surface area (Å²) < 4.78 is 0. The Hall–Kier alpha value is -1.00. The molecule has 2 heterocycles. The molecule has 4 heteroatoms. The minimum atomic E-state index is -0.172. The fourth-order valence-electron chi connectivity index (χ4n) is 1.83. The molecule has 0 amide bonds. The average molecular weight is 193 g/mol. The molecule has 1 aromatic rings. The van der Waals surface area contributed by atoms with Crippen molar-refractivity contribution in [3.05, 3.63) is 24.3 Å². The van der Waals surface area contributed by atoms with Gasteiger partial charge in [-0.3, -0.25) is 14.9 Å². The summed E-state index contributed by atoms with van der Waals surface area (Å²) in [5.41, 5.74) is 0.974. The fraction of sp³-hybridized carbons (Fsp3) is 0.600. The maximum Gasteiger partial charge on any atom is 0.0755 e. The van der Waals surface area contributed by atoms with Gasteiger partial charge >= 0.3 is 0 Å². The molecular weight excluding hydrogens is 178 g/mol. The summed E-state index contributed by atoms with van der Waals surface area (Å²) in [5.74, 6) is 0. The van der Waals surface area contributed by atoms with Gasteiger partial charge in [-0.25, -0.2) is 0 Å².